The second-order valence-electron chi connectivity index (χ2n) is 5.74. The largest absolute Gasteiger partial charge is 0.472 e. The Morgan fingerprint density at radius 2 is 2.18 bits per heavy atom. The van der Waals surface area contributed by atoms with Crippen molar-refractivity contribution in [2.24, 2.45) is 0 Å². The molecule has 22 heavy (non-hydrogen) atoms. The molecular formula is C15H17N5O2. The molecule has 0 saturated carbocycles. The lowest BCUT2D eigenvalue weighted by Crippen LogP contribution is -2.47. The topological polar surface area (TPSA) is 73.1 Å². The highest BCUT2D eigenvalue weighted by Crippen LogP contribution is 2.25. The van der Waals surface area contributed by atoms with Gasteiger partial charge in [-0.15, -0.1) is 0 Å². The van der Waals surface area contributed by atoms with Crippen LogP contribution in [0.4, 0.5) is 0 Å². The molecule has 4 heterocycles. The fourth-order valence-corrected chi connectivity index (χ4v) is 2.86. The highest BCUT2D eigenvalue weighted by atomic mass is 16.5. The van der Waals surface area contributed by atoms with E-state index in [1.807, 2.05) is 13.0 Å². The molecule has 0 aromatic carbocycles. The van der Waals surface area contributed by atoms with Gasteiger partial charge in [0, 0.05) is 18.8 Å². The monoisotopic (exact) mass is 299 g/mol. The van der Waals surface area contributed by atoms with E-state index in [1.165, 1.54) is 5.69 Å². The molecule has 3 aromatic heterocycles. The first kappa shape index (κ1) is 13.3. The molecule has 1 aliphatic heterocycles. The Morgan fingerprint density at radius 1 is 1.32 bits per heavy atom. The van der Waals surface area contributed by atoms with Crippen LogP contribution < -0.4 is 0 Å². The third-order valence-corrected chi connectivity index (χ3v) is 3.93. The number of likely N-dealkylation sites (tertiary alicyclic amines) is 1. The molecule has 1 fully saturated rings. The predicted molar refractivity (Wildman–Crippen MR) is 78.0 cm³/mol. The van der Waals surface area contributed by atoms with E-state index in [9.17, 15) is 0 Å². The SMILES string of the molecule is Cc1cc(C)n(C2CN(Cc3nc(-c4ccoc4)no3)C2)n1. The number of nitrogens with zero attached hydrogens (tertiary/aromatic N) is 5. The summed E-state index contributed by atoms with van der Waals surface area (Å²) >= 11 is 0. The Balaban J connectivity index is 1.37. The maximum absolute atomic E-state index is 5.30. The van der Waals surface area contributed by atoms with Crippen molar-refractivity contribution in [1.29, 1.82) is 0 Å². The van der Waals surface area contributed by atoms with Crippen LogP contribution in [0.25, 0.3) is 11.4 Å². The van der Waals surface area contributed by atoms with Crippen molar-refractivity contribution in [3.05, 3.63) is 41.9 Å². The highest BCUT2D eigenvalue weighted by molar-refractivity contribution is 5.51. The molecule has 0 aliphatic carbocycles. The molecule has 1 saturated heterocycles. The lowest BCUT2D eigenvalue weighted by Gasteiger charge is -2.38. The van der Waals surface area contributed by atoms with Gasteiger partial charge in [-0.05, 0) is 26.0 Å². The molecular weight excluding hydrogens is 282 g/mol. The number of hydrogen-bond donors (Lipinski definition) is 0. The maximum atomic E-state index is 5.30. The zero-order chi connectivity index (χ0) is 15.1. The highest BCUT2D eigenvalue weighted by Gasteiger charge is 2.31. The van der Waals surface area contributed by atoms with Crippen LogP contribution in [0.15, 0.2) is 33.6 Å². The van der Waals surface area contributed by atoms with Crippen LogP contribution in [0, 0.1) is 13.8 Å². The molecule has 0 bridgehead atoms. The second kappa shape index (κ2) is 5.10. The molecule has 0 N–H and O–H groups in total. The number of aryl methyl sites for hydroxylation is 2. The minimum atomic E-state index is 0.435. The summed E-state index contributed by atoms with van der Waals surface area (Å²) in [6.07, 6.45) is 3.21. The zero-order valence-electron chi connectivity index (χ0n) is 12.6. The minimum absolute atomic E-state index is 0.435. The number of aromatic nitrogens is 4. The second-order valence-corrected chi connectivity index (χ2v) is 5.74. The van der Waals surface area contributed by atoms with Crippen LogP contribution in [0.2, 0.25) is 0 Å². The summed E-state index contributed by atoms with van der Waals surface area (Å²) in [5.41, 5.74) is 3.11. The third kappa shape index (κ3) is 2.33. The quantitative estimate of drug-likeness (QED) is 0.735. The van der Waals surface area contributed by atoms with Crippen LogP contribution in [0.3, 0.4) is 0 Å². The van der Waals surface area contributed by atoms with E-state index in [1.54, 1.807) is 12.5 Å². The van der Waals surface area contributed by atoms with Crippen LogP contribution in [-0.4, -0.2) is 37.9 Å². The van der Waals surface area contributed by atoms with Crippen LogP contribution in [-0.2, 0) is 6.54 Å². The summed E-state index contributed by atoms with van der Waals surface area (Å²) in [7, 11) is 0. The lowest BCUT2D eigenvalue weighted by atomic mass is 10.1. The molecule has 114 valence electrons. The molecule has 7 nitrogen and oxygen atoms in total. The summed E-state index contributed by atoms with van der Waals surface area (Å²) in [4.78, 5) is 6.66. The van der Waals surface area contributed by atoms with Gasteiger partial charge in [0.1, 0.15) is 6.26 Å². The average Bonchev–Trinajstić information content (AvgIpc) is 3.14. The van der Waals surface area contributed by atoms with Crippen molar-refractivity contribution in [1.82, 2.24) is 24.8 Å². The molecule has 4 rings (SSSR count). The smallest absolute Gasteiger partial charge is 0.241 e. The summed E-state index contributed by atoms with van der Waals surface area (Å²) < 4.78 is 12.4. The van der Waals surface area contributed by atoms with Gasteiger partial charge in [-0.2, -0.15) is 10.1 Å². The first-order valence-corrected chi connectivity index (χ1v) is 7.29. The van der Waals surface area contributed by atoms with E-state index in [2.05, 4.69) is 37.8 Å². The van der Waals surface area contributed by atoms with E-state index < -0.39 is 0 Å². The number of furan rings is 1. The van der Waals surface area contributed by atoms with Crippen LogP contribution in [0.5, 0.6) is 0 Å². The Morgan fingerprint density at radius 3 is 2.86 bits per heavy atom. The number of hydrogen-bond acceptors (Lipinski definition) is 6. The first-order valence-electron chi connectivity index (χ1n) is 7.29. The van der Waals surface area contributed by atoms with Gasteiger partial charge in [-0.25, -0.2) is 0 Å². The fourth-order valence-electron chi connectivity index (χ4n) is 2.86. The Kier molecular flexibility index (Phi) is 3.07. The Labute approximate surface area is 127 Å². The van der Waals surface area contributed by atoms with Crippen molar-refractivity contribution < 1.29 is 8.94 Å². The van der Waals surface area contributed by atoms with E-state index in [-0.39, 0.29) is 0 Å². The summed E-state index contributed by atoms with van der Waals surface area (Å²) in [6.45, 7) is 6.69. The molecule has 0 amide bonds. The van der Waals surface area contributed by atoms with E-state index >= 15 is 0 Å². The molecule has 0 unspecified atom stereocenters. The first-order chi connectivity index (χ1) is 10.7. The minimum Gasteiger partial charge on any atom is -0.472 e. The van der Waals surface area contributed by atoms with E-state index in [0.717, 1.165) is 24.3 Å². The fraction of sp³-hybridized carbons (Fsp3) is 0.400. The summed E-state index contributed by atoms with van der Waals surface area (Å²) in [5, 5.41) is 8.51. The predicted octanol–water partition coefficient (Wildman–Crippen LogP) is 2.20. The third-order valence-electron chi connectivity index (χ3n) is 3.93. The maximum Gasteiger partial charge on any atom is 0.241 e. The summed E-state index contributed by atoms with van der Waals surface area (Å²) in [6, 6.07) is 4.36. The van der Waals surface area contributed by atoms with Crippen molar-refractivity contribution in [3.63, 3.8) is 0 Å². The average molecular weight is 299 g/mol. The standard InChI is InChI=1S/C15H17N5O2/c1-10-5-11(2)20(17-10)13-6-19(7-13)8-14-16-15(18-22-14)12-3-4-21-9-12/h3-5,9,13H,6-8H2,1-2H3. The molecule has 0 atom stereocenters. The van der Waals surface area contributed by atoms with Gasteiger partial charge in [0.2, 0.25) is 11.7 Å². The van der Waals surface area contributed by atoms with Crippen molar-refractivity contribution >= 4 is 0 Å². The van der Waals surface area contributed by atoms with Crippen molar-refractivity contribution in [3.8, 4) is 11.4 Å². The zero-order valence-corrected chi connectivity index (χ0v) is 12.6. The van der Waals surface area contributed by atoms with Gasteiger partial charge in [-0.3, -0.25) is 9.58 Å². The molecule has 7 heteroatoms. The number of rotatable bonds is 4. The van der Waals surface area contributed by atoms with Crippen molar-refractivity contribution in [2.45, 2.75) is 26.4 Å². The Bertz CT molecular complexity index is 768. The molecule has 3 aromatic rings. The molecule has 1 aliphatic rings. The molecule has 0 radical (unpaired) electrons. The van der Waals surface area contributed by atoms with E-state index in [0.29, 0.717) is 24.3 Å². The summed E-state index contributed by atoms with van der Waals surface area (Å²) in [5.74, 6) is 1.20. The lowest BCUT2D eigenvalue weighted by molar-refractivity contribution is 0.0777. The normalized spacial score (nSPS) is 16.1. The van der Waals surface area contributed by atoms with E-state index in [4.69, 9.17) is 8.94 Å². The van der Waals surface area contributed by atoms with Gasteiger partial charge in [0.15, 0.2) is 0 Å². The molecule has 0 spiro atoms. The van der Waals surface area contributed by atoms with Gasteiger partial charge in [0.05, 0.1) is 30.1 Å². The van der Waals surface area contributed by atoms with Gasteiger partial charge in [0.25, 0.3) is 0 Å². The van der Waals surface area contributed by atoms with Crippen LogP contribution in [0.1, 0.15) is 23.3 Å². The van der Waals surface area contributed by atoms with Gasteiger partial charge < -0.3 is 8.94 Å². The van der Waals surface area contributed by atoms with Gasteiger partial charge in [-0.1, -0.05) is 5.16 Å². The van der Waals surface area contributed by atoms with Crippen LogP contribution >= 0.6 is 0 Å². The Hall–Kier alpha value is -2.41. The van der Waals surface area contributed by atoms with Gasteiger partial charge >= 0.3 is 0 Å². The van der Waals surface area contributed by atoms with Crippen molar-refractivity contribution in [2.75, 3.05) is 13.1 Å².